The van der Waals surface area contributed by atoms with Crippen molar-refractivity contribution in [2.45, 2.75) is 5.92 Å². The monoisotopic (exact) mass is 399 g/mol. The molecular weight excluding hydrogens is 385 g/mol. The van der Waals surface area contributed by atoms with E-state index in [4.69, 9.17) is 27.9 Å². The van der Waals surface area contributed by atoms with E-state index < -0.39 is 11.8 Å². The molecule has 0 bridgehead atoms. The molecule has 0 spiro atoms. The number of benzene rings is 1. The number of carbonyl (C=O) groups excluding carboxylic acids is 2. The molecular formula is C17H15Cl2NO4S. The smallest absolute Gasteiger partial charge is 0.311 e. The highest BCUT2D eigenvalue weighted by Crippen LogP contribution is 2.37. The Bertz CT molecular complexity index is 786. The molecule has 1 fully saturated rings. The quantitative estimate of drug-likeness (QED) is 0.797. The van der Waals surface area contributed by atoms with Gasteiger partial charge in [-0.1, -0.05) is 23.2 Å². The van der Waals surface area contributed by atoms with E-state index in [0.717, 1.165) is 5.56 Å². The molecule has 25 heavy (non-hydrogen) atoms. The summed E-state index contributed by atoms with van der Waals surface area (Å²) in [5.41, 5.74) is 0.975. The number of aromatic hydroxyl groups is 1. The number of phenols is 1. The summed E-state index contributed by atoms with van der Waals surface area (Å²) in [6, 6.07) is 4.61. The molecule has 0 aliphatic carbocycles. The van der Waals surface area contributed by atoms with Crippen LogP contribution in [0, 0.1) is 5.92 Å². The van der Waals surface area contributed by atoms with Gasteiger partial charge in [0.05, 0.1) is 23.6 Å². The van der Waals surface area contributed by atoms with Crippen LogP contribution in [0.3, 0.4) is 0 Å². The molecule has 0 saturated carbocycles. The van der Waals surface area contributed by atoms with Crippen molar-refractivity contribution in [2.75, 3.05) is 20.2 Å². The standard InChI is InChI=1S/C17H15Cl2NO4S/c1-24-17(23)12-7-20(6-11(12)9-2-3-25-8-9)16(22)15-13(19)4-10(18)5-14(15)21/h2-5,8,11-12,21H,6-7H2,1H3/t11-,12+/m1/s1. The van der Waals surface area contributed by atoms with Gasteiger partial charge in [-0.2, -0.15) is 11.3 Å². The fourth-order valence-electron chi connectivity index (χ4n) is 3.11. The molecule has 2 aromatic rings. The second kappa shape index (κ2) is 7.23. The number of nitrogens with zero attached hydrogens (tertiary/aromatic N) is 1. The van der Waals surface area contributed by atoms with Gasteiger partial charge < -0.3 is 14.7 Å². The lowest BCUT2D eigenvalue weighted by molar-refractivity contribution is -0.145. The number of esters is 1. The van der Waals surface area contributed by atoms with Crippen molar-refractivity contribution in [3.05, 3.63) is 50.1 Å². The lowest BCUT2D eigenvalue weighted by Gasteiger charge is -2.18. The maximum Gasteiger partial charge on any atom is 0.311 e. The Morgan fingerprint density at radius 2 is 2.08 bits per heavy atom. The van der Waals surface area contributed by atoms with Crippen LogP contribution >= 0.6 is 34.5 Å². The Balaban J connectivity index is 1.91. The minimum atomic E-state index is -0.461. The summed E-state index contributed by atoms with van der Waals surface area (Å²) in [5, 5.41) is 14.3. The Hall–Kier alpha value is -1.76. The van der Waals surface area contributed by atoms with E-state index in [1.807, 2.05) is 16.8 Å². The number of hydrogen-bond acceptors (Lipinski definition) is 5. The summed E-state index contributed by atoms with van der Waals surface area (Å²) < 4.78 is 4.89. The number of methoxy groups -OCH3 is 1. The van der Waals surface area contributed by atoms with Gasteiger partial charge in [0.25, 0.3) is 5.91 Å². The van der Waals surface area contributed by atoms with Crippen LogP contribution in [0.2, 0.25) is 10.0 Å². The van der Waals surface area contributed by atoms with Crippen LogP contribution in [0.1, 0.15) is 21.8 Å². The highest BCUT2D eigenvalue weighted by Gasteiger charge is 2.42. The van der Waals surface area contributed by atoms with E-state index >= 15 is 0 Å². The van der Waals surface area contributed by atoms with E-state index in [-0.39, 0.29) is 39.8 Å². The van der Waals surface area contributed by atoms with Crippen LogP contribution in [0.25, 0.3) is 0 Å². The van der Waals surface area contributed by atoms with Gasteiger partial charge in [-0.3, -0.25) is 9.59 Å². The zero-order valence-electron chi connectivity index (χ0n) is 13.2. The minimum absolute atomic E-state index is 0.0133. The van der Waals surface area contributed by atoms with Crippen molar-refractivity contribution in [3.63, 3.8) is 0 Å². The molecule has 1 aromatic heterocycles. The predicted octanol–water partition coefficient (Wildman–Crippen LogP) is 3.79. The lowest BCUT2D eigenvalue weighted by Crippen LogP contribution is -2.30. The molecule has 132 valence electrons. The van der Waals surface area contributed by atoms with Crippen molar-refractivity contribution in [1.82, 2.24) is 4.90 Å². The minimum Gasteiger partial charge on any atom is -0.507 e. The summed E-state index contributed by atoms with van der Waals surface area (Å²) in [5.74, 6) is -1.70. The van der Waals surface area contributed by atoms with Gasteiger partial charge in [-0.05, 0) is 34.5 Å². The van der Waals surface area contributed by atoms with E-state index in [9.17, 15) is 14.7 Å². The summed E-state index contributed by atoms with van der Waals surface area (Å²) in [4.78, 5) is 26.5. The molecule has 0 unspecified atom stereocenters. The number of carbonyl (C=O) groups is 2. The summed E-state index contributed by atoms with van der Waals surface area (Å²) >= 11 is 13.4. The van der Waals surface area contributed by atoms with Gasteiger partial charge >= 0.3 is 5.97 Å². The number of halogens is 2. The van der Waals surface area contributed by atoms with Crippen molar-refractivity contribution in [3.8, 4) is 5.75 Å². The van der Waals surface area contributed by atoms with Crippen LogP contribution in [-0.2, 0) is 9.53 Å². The molecule has 1 amide bonds. The highest BCUT2D eigenvalue weighted by molar-refractivity contribution is 7.08. The van der Waals surface area contributed by atoms with Crippen LogP contribution in [0.5, 0.6) is 5.75 Å². The first-order valence-electron chi connectivity index (χ1n) is 7.49. The number of likely N-dealkylation sites (tertiary alicyclic amines) is 1. The Kier molecular flexibility index (Phi) is 5.22. The SMILES string of the molecule is COC(=O)[C@H]1CN(C(=O)c2c(O)cc(Cl)cc2Cl)C[C@@H]1c1ccsc1. The number of amides is 1. The Labute approximate surface area is 158 Å². The topological polar surface area (TPSA) is 66.8 Å². The summed E-state index contributed by atoms with van der Waals surface area (Å²) in [6.45, 7) is 0.540. The van der Waals surface area contributed by atoms with Crippen LogP contribution in [0.4, 0.5) is 0 Å². The fourth-order valence-corrected chi connectivity index (χ4v) is 4.40. The van der Waals surface area contributed by atoms with Gasteiger partial charge in [0.2, 0.25) is 0 Å². The van der Waals surface area contributed by atoms with Gasteiger partial charge in [0, 0.05) is 24.0 Å². The van der Waals surface area contributed by atoms with Gasteiger partial charge in [0.15, 0.2) is 0 Å². The number of thiophene rings is 1. The zero-order chi connectivity index (χ0) is 18.1. The summed E-state index contributed by atoms with van der Waals surface area (Å²) in [7, 11) is 1.33. The maximum absolute atomic E-state index is 12.9. The average Bonchev–Trinajstić information content (AvgIpc) is 3.22. The first-order valence-corrected chi connectivity index (χ1v) is 9.19. The van der Waals surface area contributed by atoms with Crippen molar-refractivity contribution in [2.24, 2.45) is 5.92 Å². The van der Waals surface area contributed by atoms with Crippen LogP contribution in [-0.4, -0.2) is 42.1 Å². The van der Waals surface area contributed by atoms with E-state index in [1.54, 1.807) is 0 Å². The maximum atomic E-state index is 12.9. The molecule has 2 heterocycles. The van der Waals surface area contributed by atoms with Crippen LogP contribution < -0.4 is 0 Å². The van der Waals surface area contributed by atoms with Crippen molar-refractivity contribution >= 4 is 46.4 Å². The molecule has 0 radical (unpaired) electrons. The number of rotatable bonds is 3. The third kappa shape index (κ3) is 3.47. The molecule has 3 rings (SSSR count). The first kappa shape index (κ1) is 18.0. The first-order chi connectivity index (χ1) is 11.9. The zero-order valence-corrected chi connectivity index (χ0v) is 15.6. The molecule has 1 N–H and O–H groups in total. The van der Waals surface area contributed by atoms with E-state index in [1.165, 1.54) is 35.5 Å². The van der Waals surface area contributed by atoms with Crippen LogP contribution in [0.15, 0.2) is 29.0 Å². The Morgan fingerprint density at radius 3 is 2.68 bits per heavy atom. The highest BCUT2D eigenvalue weighted by atomic mass is 35.5. The van der Waals surface area contributed by atoms with Crippen molar-refractivity contribution < 1.29 is 19.4 Å². The summed E-state index contributed by atoms with van der Waals surface area (Å²) in [6.07, 6.45) is 0. The number of hydrogen-bond donors (Lipinski definition) is 1. The fraction of sp³-hybridized carbons (Fsp3) is 0.294. The molecule has 2 atom stereocenters. The second-order valence-electron chi connectivity index (χ2n) is 5.78. The van der Waals surface area contributed by atoms with E-state index in [0.29, 0.717) is 6.54 Å². The Morgan fingerprint density at radius 1 is 1.32 bits per heavy atom. The van der Waals surface area contributed by atoms with Gasteiger partial charge in [-0.15, -0.1) is 0 Å². The molecule has 1 saturated heterocycles. The molecule has 5 nitrogen and oxygen atoms in total. The number of phenolic OH excluding ortho intramolecular Hbond substituents is 1. The normalized spacial score (nSPS) is 19.9. The van der Waals surface area contributed by atoms with E-state index in [2.05, 4.69) is 0 Å². The second-order valence-corrected chi connectivity index (χ2v) is 7.41. The number of ether oxygens (including phenoxy) is 1. The molecule has 1 aromatic carbocycles. The lowest BCUT2D eigenvalue weighted by atomic mass is 9.91. The third-order valence-corrected chi connectivity index (χ3v) is 5.55. The van der Waals surface area contributed by atoms with Crippen molar-refractivity contribution in [1.29, 1.82) is 0 Å². The molecule has 8 heteroatoms. The van der Waals surface area contributed by atoms with Gasteiger partial charge in [0.1, 0.15) is 5.75 Å². The third-order valence-electron chi connectivity index (χ3n) is 4.33. The average molecular weight is 400 g/mol. The predicted molar refractivity (Wildman–Crippen MR) is 96.6 cm³/mol. The molecule has 1 aliphatic rings. The largest absolute Gasteiger partial charge is 0.507 e. The molecule has 1 aliphatic heterocycles. The van der Waals surface area contributed by atoms with Gasteiger partial charge in [-0.25, -0.2) is 0 Å².